The van der Waals surface area contributed by atoms with Crippen LogP contribution in [-0.2, 0) is 20.8 Å². The van der Waals surface area contributed by atoms with Crippen LogP contribution in [0.25, 0.3) is 0 Å². The van der Waals surface area contributed by atoms with Gasteiger partial charge >= 0.3 is 6.18 Å². The van der Waals surface area contributed by atoms with Crippen molar-refractivity contribution < 1.29 is 31.2 Å². The van der Waals surface area contributed by atoms with Crippen LogP contribution >= 0.6 is 0 Å². The third-order valence-corrected chi connectivity index (χ3v) is 9.12. The Morgan fingerprint density at radius 2 is 1.66 bits per heavy atom. The molecule has 0 aromatic heterocycles. The Balaban J connectivity index is 1.49. The van der Waals surface area contributed by atoms with Gasteiger partial charge in [0.2, 0.25) is 5.91 Å². The summed E-state index contributed by atoms with van der Waals surface area (Å²) in [5.74, 6) is -1.27. The van der Waals surface area contributed by atoms with E-state index in [1.54, 1.807) is 18.2 Å². The van der Waals surface area contributed by atoms with E-state index >= 15 is 0 Å². The number of hydrogen-bond donors (Lipinski definition) is 1. The molecule has 4 rings (SSSR count). The first kappa shape index (κ1) is 28.1. The molecule has 2 aromatic carbocycles. The zero-order valence-electron chi connectivity index (χ0n) is 21.3. The summed E-state index contributed by atoms with van der Waals surface area (Å²) in [5, 5.41) is 2.38. The lowest BCUT2D eigenvalue weighted by molar-refractivity contribution is -0.137. The minimum atomic E-state index is -4.61. The number of nitrogens with one attached hydrogen (secondary N) is 1. The topological polar surface area (TPSA) is 86.8 Å². The first-order chi connectivity index (χ1) is 17.8. The Morgan fingerprint density at radius 3 is 2.24 bits per heavy atom. The van der Waals surface area contributed by atoms with Crippen LogP contribution in [0.2, 0.25) is 0 Å². The van der Waals surface area contributed by atoms with Gasteiger partial charge in [-0.2, -0.15) is 13.2 Å². The van der Waals surface area contributed by atoms with Crippen LogP contribution in [0.15, 0.2) is 59.5 Å². The van der Waals surface area contributed by atoms with Crippen molar-refractivity contribution in [1.82, 2.24) is 15.1 Å². The molecule has 0 bridgehead atoms. The molecule has 1 heterocycles. The van der Waals surface area contributed by atoms with Gasteiger partial charge in [-0.3, -0.25) is 9.59 Å². The maximum Gasteiger partial charge on any atom is 0.416 e. The van der Waals surface area contributed by atoms with Gasteiger partial charge in [-0.05, 0) is 68.9 Å². The average molecular weight is 552 g/mol. The third kappa shape index (κ3) is 6.37. The van der Waals surface area contributed by atoms with E-state index in [0.717, 1.165) is 31.3 Å². The van der Waals surface area contributed by atoms with Gasteiger partial charge in [0.25, 0.3) is 5.91 Å². The minimum Gasteiger partial charge on any atom is -0.343 e. The van der Waals surface area contributed by atoms with E-state index in [9.17, 15) is 31.2 Å². The van der Waals surface area contributed by atoms with E-state index in [1.807, 2.05) is 0 Å². The first-order valence-electron chi connectivity index (χ1n) is 12.6. The summed E-state index contributed by atoms with van der Waals surface area (Å²) in [4.78, 5) is 29.7. The predicted octanol–water partition coefficient (Wildman–Crippen LogP) is 3.81. The minimum absolute atomic E-state index is 0.0926. The lowest BCUT2D eigenvalue weighted by Gasteiger charge is -2.31. The Labute approximate surface area is 220 Å². The first-order valence-corrected chi connectivity index (χ1v) is 14.3. The Kier molecular flexibility index (Phi) is 8.17. The lowest BCUT2D eigenvalue weighted by atomic mass is 10.0. The van der Waals surface area contributed by atoms with Crippen LogP contribution in [0.5, 0.6) is 0 Å². The van der Waals surface area contributed by atoms with Crippen molar-refractivity contribution >= 4 is 21.7 Å². The summed E-state index contributed by atoms with van der Waals surface area (Å²) < 4.78 is 65.5. The van der Waals surface area contributed by atoms with Crippen LogP contribution in [0.1, 0.15) is 42.6 Å². The highest BCUT2D eigenvalue weighted by Gasteiger charge is 2.45. The number of fused-ring (bicyclic) bond motifs is 1. The van der Waals surface area contributed by atoms with Crippen molar-refractivity contribution in [3.05, 3.63) is 65.7 Å². The van der Waals surface area contributed by atoms with E-state index in [-0.39, 0.29) is 16.5 Å². The van der Waals surface area contributed by atoms with Gasteiger partial charge in [0, 0.05) is 30.7 Å². The van der Waals surface area contributed by atoms with E-state index in [4.69, 9.17) is 0 Å². The molecule has 11 heteroatoms. The summed E-state index contributed by atoms with van der Waals surface area (Å²) in [6, 6.07) is 11.9. The molecule has 2 fully saturated rings. The number of hydrogen-bond acceptors (Lipinski definition) is 5. The van der Waals surface area contributed by atoms with Crippen LogP contribution in [0, 0.1) is 11.8 Å². The number of benzene rings is 2. The van der Waals surface area contributed by atoms with Crippen molar-refractivity contribution in [3.8, 4) is 0 Å². The molecule has 1 aliphatic heterocycles. The number of likely N-dealkylation sites (tertiary alicyclic amines) is 1. The number of amides is 2. The third-order valence-electron chi connectivity index (χ3n) is 7.51. The molecular formula is C27H32F3N3O4S. The maximum atomic E-state index is 13.3. The van der Waals surface area contributed by atoms with Crippen LogP contribution < -0.4 is 5.32 Å². The number of carbonyl (C=O) groups excluding carboxylic acids is 2. The fourth-order valence-corrected chi connectivity index (χ4v) is 6.89. The monoisotopic (exact) mass is 551 g/mol. The number of sulfone groups is 1. The van der Waals surface area contributed by atoms with Gasteiger partial charge in [0.05, 0.1) is 17.0 Å². The second-order valence-electron chi connectivity index (χ2n) is 10.4. The largest absolute Gasteiger partial charge is 0.416 e. The van der Waals surface area contributed by atoms with Crippen molar-refractivity contribution in [2.24, 2.45) is 11.8 Å². The average Bonchev–Trinajstić information content (AvgIpc) is 3.45. The predicted molar refractivity (Wildman–Crippen MR) is 136 cm³/mol. The molecule has 1 saturated heterocycles. The van der Waals surface area contributed by atoms with Crippen LogP contribution in [0.4, 0.5) is 13.2 Å². The number of carbonyl (C=O) groups is 2. The number of alkyl halides is 3. The van der Waals surface area contributed by atoms with Gasteiger partial charge < -0.3 is 15.1 Å². The molecule has 1 N–H and O–H groups in total. The smallest absolute Gasteiger partial charge is 0.343 e. The fraction of sp³-hybridized carbons (Fsp3) is 0.481. The second kappa shape index (κ2) is 11.1. The highest BCUT2D eigenvalue weighted by Crippen LogP contribution is 2.41. The molecule has 0 spiro atoms. The number of nitrogens with zero attached hydrogens (tertiary/aromatic N) is 2. The zero-order valence-corrected chi connectivity index (χ0v) is 22.1. The summed E-state index contributed by atoms with van der Waals surface area (Å²) >= 11 is 0. The maximum absolute atomic E-state index is 13.3. The van der Waals surface area contributed by atoms with E-state index < -0.39 is 45.8 Å². The molecule has 2 unspecified atom stereocenters. The summed E-state index contributed by atoms with van der Waals surface area (Å²) in [5.41, 5.74) is -1.21. The molecule has 2 aromatic rings. The Hall–Kier alpha value is -2.92. The molecule has 2 atom stereocenters. The summed E-state index contributed by atoms with van der Waals surface area (Å²) in [6.45, 7) is 5.52. The molecule has 206 valence electrons. The molecule has 2 aliphatic rings. The van der Waals surface area contributed by atoms with Crippen molar-refractivity contribution in [2.75, 3.05) is 25.5 Å². The van der Waals surface area contributed by atoms with Gasteiger partial charge in [-0.15, -0.1) is 0 Å². The molecule has 0 radical (unpaired) electrons. The van der Waals surface area contributed by atoms with E-state index in [2.05, 4.69) is 24.1 Å². The quantitative estimate of drug-likeness (QED) is 0.539. The highest BCUT2D eigenvalue weighted by molar-refractivity contribution is 7.91. The van der Waals surface area contributed by atoms with Gasteiger partial charge in [0.15, 0.2) is 9.84 Å². The second-order valence-corrected chi connectivity index (χ2v) is 12.3. The van der Waals surface area contributed by atoms with Gasteiger partial charge in [-0.1, -0.05) is 24.3 Å². The van der Waals surface area contributed by atoms with Gasteiger partial charge in [0.1, 0.15) is 5.88 Å². The van der Waals surface area contributed by atoms with Crippen molar-refractivity contribution in [1.29, 1.82) is 0 Å². The van der Waals surface area contributed by atoms with Crippen LogP contribution in [0.3, 0.4) is 0 Å². The lowest BCUT2D eigenvalue weighted by Crippen LogP contribution is -2.47. The Morgan fingerprint density at radius 1 is 1.03 bits per heavy atom. The zero-order chi connectivity index (χ0) is 27.7. The molecular weight excluding hydrogens is 519 g/mol. The molecule has 1 saturated carbocycles. The highest BCUT2D eigenvalue weighted by atomic mass is 32.2. The fourth-order valence-electron chi connectivity index (χ4n) is 5.44. The molecule has 38 heavy (non-hydrogen) atoms. The summed E-state index contributed by atoms with van der Waals surface area (Å²) in [7, 11) is -3.85. The normalized spacial score (nSPS) is 21.9. The van der Waals surface area contributed by atoms with Gasteiger partial charge in [-0.25, -0.2) is 8.42 Å². The van der Waals surface area contributed by atoms with Crippen molar-refractivity contribution in [2.45, 2.75) is 49.8 Å². The number of halogens is 3. The molecule has 1 aliphatic carbocycles. The molecule has 7 nitrogen and oxygen atoms in total. The SMILES string of the molecule is CC(C)N1CC2CC(N(CS(=O)(=O)c3ccccc3)C(=O)CNC(=O)c3cccc(C(F)(F)F)c3)CC2C1. The summed E-state index contributed by atoms with van der Waals surface area (Å²) in [6.07, 6.45) is -3.29. The Bertz CT molecular complexity index is 1250. The van der Waals surface area contributed by atoms with E-state index in [0.29, 0.717) is 30.7 Å². The standard InChI is InChI=1S/C27H32F3N3O4S/c1-18(2)32-15-20-12-23(13-21(20)16-32)33(17-38(36,37)24-9-4-3-5-10-24)25(34)14-31-26(35)19-7-6-8-22(11-19)27(28,29)30/h3-11,18,20-21,23H,12-17H2,1-2H3,(H,31,35). The van der Waals surface area contributed by atoms with Crippen molar-refractivity contribution in [3.63, 3.8) is 0 Å². The number of rotatable bonds is 8. The molecule has 2 amide bonds. The van der Waals surface area contributed by atoms with E-state index in [1.165, 1.54) is 23.1 Å². The van der Waals surface area contributed by atoms with Crippen LogP contribution in [-0.4, -0.2) is 67.6 Å².